The second-order valence-corrected chi connectivity index (χ2v) is 7.44. The Bertz CT molecular complexity index is 246. The monoisotopic (exact) mass is 194 g/mol. The van der Waals surface area contributed by atoms with Gasteiger partial charge in [0, 0.05) is 0 Å². The van der Waals surface area contributed by atoms with Crippen molar-refractivity contribution in [2.45, 2.75) is 61.3 Å². The van der Waals surface area contributed by atoms with E-state index in [-0.39, 0.29) is 0 Å². The van der Waals surface area contributed by atoms with Crippen molar-refractivity contribution in [2.24, 2.45) is 16.2 Å². The molecule has 0 amide bonds. The molecule has 82 valence electrons. The Kier molecular flexibility index (Phi) is 2.63. The minimum Gasteiger partial charge on any atom is -0.0794 e. The van der Waals surface area contributed by atoms with E-state index < -0.39 is 0 Å². The molecule has 0 atom stereocenters. The van der Waals surface area contributed by atoms with Crippen LogP contribution in [0.5, 0.6) is 0 Å². The van der Waals surface area contributed by atoms with Gasteiger partial charge in [-0.25, -0.2) is 0 Å². The van der Waals surface area contributed by atoms with Gasteiger partial charge in [0.05, 0.1) is 0 Å². The molecule has 1 aliphatic rings. The average Bonchev–Trinajstić information content (AvgIpc) is 1.94. The molecule has 0 aliphatic heterocycles. The summed E-state index contributed by atoms with van der Waals surface area (Å²) in [5.41, 5.74) is 2.90. The summed E-state index contributed by atoms with van der Waals surface area (Å²) in [7, 11) is 0. The molecular formula is C14H26. The molecule has 0 heterocycles. The summed E-state index contributed by atoms with van der Waals surface area (Å²) in [6.07, 6.45) is 5.08. The lowest BCUT2D eigenvalue weighted by molar-refractivity contribution is 0.313. The van der Waals surface area contributed by atoms with E-state index in [0.29, 0.717) is 16.2 Å². The molecule has 0 unspecified atom stereocenters. The Morgan fingerprint density at radius 1 is 1.07 bits per heavy atom. The minimum absolute atomic E-state index is 0.326. The fraction of sp³-hybridized carbons (Fsp3) is 0.857. The summed E-state index contributed by atoms with van der Waals surface area (Å²) < 4.78 is 0. The summed E-state index contributed by atoms with van der Waals surface area (Å²) >= 11 is 0. The molecule has 0 radical (unpaired) electrons. The van der Waals surface area contributed by atoms with Gasteiger partial charge in [0.15, 0.2) is 0 Å². The summed E-state index contributed by atoms with van der Waals surface area (Å²) in [5.74, 6) is 0. The van der Waals surface area contributed by atoms with Crippen LogP contribution in [0.2, 0.25) is 0 Å². The molecule has 0 bridgehead atoms. The van der Waals surface area contributed by atoms with Gasteiger partial charge >= 0.3 is 0 Å². The van der Waals surface area contributed by atoms with E-state index in [0.717, 1.165) is 0 Å². The van der Waals surface area contributed by atoms with Gasteiger partial charge in [0.1, 0.15) is 0 Å². The summed E-state index contributed by atoms with van der Waals surface area (Å²) in [6, 6.07) is 0. The Hall–Kier alpha value is -0.260. The normalized spacial score (nSPS) is 28.4. The second kappa shape index (κ2) is 3.12. The molecule has 1 fully saturated rings. The molecular weight excluding hydrogens is 168 g/mol. The molecule has 0 saturated heterocycles. The SMILES string of the molecule is CC(C)(C)/C=C1\CC(C)(C)CC1(C)C. The van der Waals surface area contributed by atoms with Crippen molar-refractivity contribution in [1.29, 1.82) is 0 Å². The van der Waals surface area contributed by atoms with Crippen molar-refractivity contribution in [3.8, 4) is 0 Å². The molecule has 1 saturated carbocycles. The van der Waals surface area contributed by atoms with Crippen molar-refractivity contribution < 1.29 is 0 Å². The minimum atomic E-state index is 0.326. The van der Waals surface area contributed by atoms with E-state index in [9.17, 15) is 0 Å². The Labute approximate surface area is 89.8 Å². The molecule has 0 aromatic rings. The maximum absolute atomic E-state index is 2.49. The average molecular weight is 194 g/mol. The lowest BCUT2D eigenvalue weighted by Crippen LogP contribution is -2.12. The van der Waals surface area contributed by atoms with Crippen LogP contribution in [0.25, 0.3) is 0 Å². The number of rotatable bonds is 0. The fourth-order valence-corrected chi connectivity index (χ4v) is 2.90. The van der Waals surface area contributed by atoms with Crippen LogP contribution in [-0.2, 0) is 0 Å². The lowest BCUT2D eigenvalue weighted by atomic mass is 9.81. The van der Waals surface area contributed by atoms with E-state index in [2.05, 4.69) is 54.5 Å². The predicted octanol–water partition coefficient (Wildman–Crippen LogP) is 4.81. The molecule has 14 heavy (non-hydrogen) atoms. The van der Waals surface area contributed by atoms with Crippen molar-refractivity contribution in [3.05, 3.63) is 11.6 Å². The van der Waals surface area contributed by atoms with E-state index in [1.165, 1.54) is 12.8 Å². The van der Waals surface area contributed by atoms with Gasteiger partial charge in [0.2, 0.25) is 0 Å². The first kappa shape index (κ1) is 11.8. The zero-order valence-corrected chi connectivity index (χ0v) is 11.0. The number of hydrogen-bond acceptors (Lipinski definition) is 0. The van der Waals surface area contributed by atoms with E-state index in [1.54, 1.807) is 5.57 Å². The molecule has 0 heteroatoms. The molecule has 0 nitrogen and oxygen atoms in total. The van der Waals surface area contributed by atoms with Crippen LogP contribution in [0.15, 0.2) is 11.6 Å². The lowest BCUT2D eigenvalue weighted by Gasteiger charge is -2.24. The highest BCUT2D eigenvalue weighted by Gasteiger charge is 2.40. The van der Waals surface area contributed by atoms with Gasteiger partial charge in [-0.3, -0.25) is 0 Å². The van der Waals surface area contributed by atoms with Crippen LogP contribution in [0.1, 0.15) is 61.3 Å². The van der Waals surface area contributed by atoms with Gasteiger partial charge < -0.3 is 0 Å². The highest BCUT2D eigenvalue weighted by Crippen LogP contribution is 2.53. The van der Waals surface area contributed by atoms with Crippen molar-refractivity contribution in [2.75, 3.05) is 0 Å². The van der Waals surface area contributed by atoms with Crippen LogP contribution >= 0.6 is 0 Å². The molecule has 0 N–H and O–H groups in total. The highest BCUT2D eigenvalue weighted by molar-refractivity contribution is 5.22. The zero-order valence-electron chi connectivity index (χ0n) is 11.0. The van der Waals surface area contributed by atoms with Gasteiger partial charge in [-0.15, -0.1) is 0 Å². The highest BCUT2D eigenvalue weighted by atomic mass is 14.5. The molecule has 0 aromatic heterocycles. The van der Waals surface area contributed by atoms with E-state index in [1.807, 2.05) is 0 Å². The van der Waals surface area contributed by atoms with Crippen molar-refractivity contribution in [3.63, 3.8) is 0 Å². The maximum Gasteiger partial charge on any atom is -0.0139 e. The largest absolute Gasteiger partial charge is 0.0794 e. The third kappa shape index (κ3) is 2.87. The molecule has 0 spiro atoms. The van der Waals surface area contributed by atoms with Crippen LogP contribution in [0, 0.1) is 16.2 Å². The first-order valence-electron chi connectivity index (χ1n) is 5.74. The van der Waals surface area contributed by atoms with Gasteiger partial charge in [-0.05, 0) is 29.1 Å². The van der Waals surface area contributed by atoms with Gasteiger partial charge in [-0.2, -0.15) is 0 Å². The summed E-state index contributed by atoms with van der Waals surface area (Å²) in [4.78, 5) is 0. The van der Waals surface area contributed by atoms with Crippen LogP contribution < -0.4 is 0 Å². The first-order chi connectivity index (χ1) is 6.02. The van der Waals surface area contributed by atoms with Crippen LogP contribution in [-0.4, -0.2) is 0 Å². The third-order valence-electron chi connectivity index (χ3n) is 3.07. The summed E-state index contributed by atoms with van der Waals surface area (Å²) in [5, 5.41) is 0. The zero-order chi connectivity index (χ0) is 11.2. The third-order valence-corrected chi connectivity index (χ3v) is 3.07. The predicted molar refractivity (Wildman–Crippen MR) is 64.3 cm³/mol. The molecule has 1 rings (SSSR count). The van der Waals surface area contributed by atoms with Crippen molar-refractivity contribution >= 4 is 0 Å². The fourth-order valence-electron chi connectivity index (χ4n) is 2.90. The smallest absolute Gasteiger partial charge is 0.0139 e. The van der Waals surface area contributed by atoms with Gasteiger partial charge in [0.25, 0.3) is 0 Å². The second-order valence-electron chi connectivity index (χ2n) is 7.44. The van der Waals surface area contributed by atoms with E-state index in [4.69, 9.17) is 0 Å². The number of allylic oxidation sites excluding steroid dienone is 2. The quantitative estimate of drug-likeness (QED) is 0.486. The Morgan fingerprint density at radius 2 is 1.57 bits per heavy atom. The maximum atomic E-state index is 2.49. The van der Waals surface area contributed by atoms with Crippen LogP contribution in [0.3, 0.4) is 0 Å². The first-order valence-corrected chi connectivity index (χ1v) is 5.74. The van der Waals surface area contributed by atoms with Crippen LogP contribution in [0.4, 0.5) is 0 Å². The Morgan fingerprint density at radius 3 is 1.86 bits per heavy atom. The van der Waals surface area contributed by atoms with Gasteiger partial charge in [-0.1, -0.05) is 60.1 Å². The standard InChI is InChI=1S/C14H26/c1-12(2,3)8-11-9-13(4,5)10-14(11,6)7/h8H,9-10H2,1-7H3/b11-8+. The van der Waals surface area contributed by atoms with E-state index >= 15 is 0 Å². The molecule has 0 aromatic carbocycles. The Balaban J connectivity index is 2.97. The number of hydrogen-bond donors (Lipinski definition) is 0. The topological polar surface area (TPSA) is 0 Å². The summed E-state index contributed by atoms with van der Waals surface area (Å²) in [6.45, 7) is 16.4. The van der Waals surface area contributed by atoms with Crippen molar-refractivity contribution in [1.82, 2.24) is 0 Å². The molecule has 1 aliphatic carbocycles.